The minimum Gasteiger partial charge on any atom is -0.484 e. The van der Waals surface area contributed by atoms with Gasteiger partial charge in [-0.05, 0) is 24.6 Å². The Morgan fingerprint density at radius 2 is 2.10 bits per heavy atom. The van der Waals surface area contributed by atoms with Crippen LogP contribution in [0.4, 0.5) is 0 Å². The van der Waals surface area contributed by atoms with Crippen molar-refractivity contribution in [1.29, 1.82) is 0 Å². The largest absolute Gasteiger partial charge is 0.484 e. The van der Waals surface area contributed by atoms with E-state index in [1.54, 1.807) is 17.0 Å². The zero-order chi connectivity index (χ0) is 15.2. The molecule has 1 N–H and O–H groups in total. The molecule has 0 unspecified atom stereocenters. The van der Waals surface area contributed by atoms with Gasteiger partial charge in [-0.3, -0.25) is 4.98 Å². The molecule has 0 amide bonds. The van der Waals surface area contributed by atoms with Crippen molar-refractivity contribution in [2.24, 2.45) is 13.0 Å². The van der Waals surface area contributed by atoms with Gasteiger partial charge in [0.25, 0.3) is 0 Å². The third-order valence-electron chi connectivity index (χ3n) is 3.05. The summed E-state index contributed by atoms with van der Waals surface area (Å²) in [5.41, 5.74) is 1.00. The van der Waals surface area contributed by atoms with Crippen molar-refractivity contribution in [2.75, 3.05) is 6.54 Å². The third kappa shape index (κ3) is 4.72. The number of hydrogen-bond donors (Lipinski definition) is 1. The Hall–Kier alpha value is -1.59. The van der Waals surface area contributed by atoms with E-state index in [-0.39, 0.29) is 0 Å². The Bertz CT molecular complexity index is 566. The van der Waals surface area contributed by atoms with Crippen LogP contribution in [0, 0.1) is 5.92 Å². The molecule has 2 aromatic heterocycles. The Kier molecular flexibility index (Phi) is 5.59. The van der Waals surface area contributed by atoms with E-state index in [1.165, 1.54) is 0 Å². The van der Waals surface area contributed by atoms with Crippen LogP contribution in [0.2, 0.25) is 5.15 Å². The standard InChI is InChI=1S/C15H21ClN4O/c1-11(2)6-17-7-12-4-5-13(8-18-12)21-10-15-19-9-14(16)20(15)3/h4-5,8-9,11,17H,6-7,10H2,1-3H3. The van der Waals surface area contributed by atoms with E-state index < -0.39 is 0 Å². The maximum absolute atomic E-state index is 5.93. The Labute approximate surface area is 130 Å². The number of aromatic nitrogens is 3. The van der Waals surface area contributed by atoms with Crippen molar-refractivity contribution in [2.45, 2.75) is 27.0 Å². The van der Waals surface area contributed by atoms with Gasteiger partial charge in [0.1, 0.15) is 23.3 Å². The summed E-state index contributed by atoms with van der Waals surface area (Å²) in [5.74, 6) is 2.14. The van der Waals surface area contributed by atoms with Gasteiger partial charge in [-0.25, -0.2) is 4.98 Å². The molecule has 0 aliphatic carbocycles. The topological polar surface area (TPSA) is 52.0 Å². The maximum Gasteiger partial charge on any atom is 0.147 e. The quantitative estimate of drug-likeness (QED) is 0.854. The smallest absolute Gasteiger partial charge is 0.147 e. The highest BCUT2D eigenvalue weighted by Crippen LogP contribution is 2.14. The van der Waals surface area contributed by atoms with Gasteiger partial charge in [-0.1, -0.05) is 25.4 Å². The highest BCUT2D eigenvalue weighted by molar-refractivity contribution is 6.29. The molecule has 2 heterocycles. The van der Waals surface area contributed by atoms with Crippen molar-refractivity contribution in [1.82, 2.24) is 19.9 Å². The number of hydrogen-bond acceptors (Lipinski definition) is 4. The van der Waals surface area contributed by atoms with E-state index in [0.717, 1.165) is 30.4 Å². The van der Waals surface area contributed by atoms with E-state index in [1.807, 2.05) is 19.2 Å². The predicted molar refractivity (Wildman–Crippen MR) is 83.3 cm³/mol. The average Bonchev–Trinajstić information content (AvgIpc) is 2.78. The van der Waals surface area contributed by atoms with Crippen LogP contribution in [0.5, 0.6) is 5.75 Å². The van der Waals surface area contributed by atoms with Crippen molar-refractivity contribution in [3.05, 3.63) is 41.2 Å². The summed E-state index contributed by atoms with van der Waals surface area (Å²) < 4.78 is 7.45. The second-order valence-corrected chi connectivity index (χ2v) is 5.74. The zero-order valence-corrected chi connectivity index (χ0v) is 13.4. The van der Waals surface area contributed by atoms with Gasteiger partial charge in [-0.15, -0.1) is 0 Å². The van der Waals surface area contributed by atoms with Gasteiger partial charge in [-0.2, -0.15) is 0 Å². The molecule has 5 nitrogen and oxygen atoms in total. The fourth-order valence-electron chi connectivity index (χ4n) is 1.80. The molecule has 0 fully saturated rings. The molecule has 0 aliphatic heterocycles. The normalized spacial score (nSPS) is 11.1. The van der Waals surface area contributed by atoms with Gasteiger partial charge in [0.05, 0.1) is 18.1 Å². The summed E-state index contributed by atoms with van der Waals surface area (Å²) in [6, 6.07) is 3.89. The fraction of sp³-hybridized carbons (Fsp3) is 0.467. The number of ether oxygens (including phenoxy) is 1. The van der Waals surface area contributed by atoms with Crippen LogP contribution in [-0.2, 0) is 20.2 Å². The molecule has 2 aromatic rings. The van der Waals surface area contributed by atoms with Crippen LogP contribution < -0.4 is 10.1 Å². The summed E-state index contributed by atoms with van der Waals surface area (Å²) in [6.45, 7) is 6.49. The summed E-state index contributed by atoms with van der Waals surface area (Å²) in [5, 5.41) is 3.95. The summed E-state index contributed by atoms with van der Waals surface area (Å²) in [6.07, 6.45) is 3.35. The SMILES string of the molecule is CC(C)CNCc1ccc(OCc2ncc(Cl)n2C)cn1. The minimum absolute atomic E-state index is 0.371. The molecule has 6 heteroatoms. The van der Waals surface area contributed by atoms with E-state index in [9.17, 15) is 0 Å². The molecular formula is C15H21ClN4O. The number of rotatable bonds is 7. The van der Waals surface area contributed by atoms with E-state index in [2.05, 4.69) is 29.1 Å². The van der Waals surface area contributed by atoms with Crippen molar-refractivity contribution in [3.8, 4) is 5.75 Å². The van der Waals surface area contributed by atoms with Gasteiger partial charge >= 0.3 is 0 Å². The number of pyridine rings is 1. The second kappa shape index (κ2) is 7.43. The first-order valence-electron chi connectivity index (χ1n) is 7.01. The lowest BCUT2D eigenvalue weighted by Gasteiger charge is -2.08. The van der Waals surface area contributed by atoms with Gasteiger partial charge in [0, 0.05) is 13.6 Å². The predicted octanol–water partition coefficient (Wildman–Crippen LogP) is 2.79. The molecule has 0 bridgehead atoms. The Morgan fingerprint density at radius 3 is 2.67 bits per heavy atom. The molecule has 0 atom stereocenters. The van der Waals surface area contributed by atoms with Crippen LogP contribution in [0.1, 0.15) is 25.4 Å². The highest BCUT2D eigenvalue weighted by Gasteiger charge is 2.05. The zero-order valence-electron chi connectivity index (χ0n) is 12.6. The summed E-state index contributed by atoms with van der Waals surface area (Å²) in [7, 11) is 1.86. The second-order valence-electron chi connectivity index (χ2n) is 5.35. The van der Waals surface area contributed by atoms with E-state index >= 15 is 0 Å². The van der Waals surface area contributed by atoms with Crippen LogP contribution in [0.25, 0.3) is 0 Å². The van der Waals surface area contributed by atoms with E-state index in [0.29, 0.717) is 17.7 Å². The van der Waals surface area contributed by atoms with Crippen molar-refractivity contribution in [3.63, 3.8) is 0 Å². The number of halogens is 1. The van der Waals surface area contributed by atoms with Gasteiger partial charge in [0.15, 0.2) is 0 Å². The number of nitrogens with zero attached hydrogens (tertiary/aromatic N) is 3. The first kappa shape index (κ1) is 15.8. The molecule has 0 radical (unpaired) electrons. The average molecular weight is 309 g/mol. The molecule has 0 saturated heterocycles. The fourth-order valence-corrected chi connectivity index (χ4v) is 1.94. The molecule has 2 rings (SSSR count). The lowest BCUT2D eigenvalue weighted by molar-refractivity contribution is 0.290. The number of imidazole rings is 1. The first-order chi connectivity index (χ1) is 10.1. The lowest BCUT2D eigenvalue weighted by atomic mass is 10.2. The Morgan fingerprint density at radius 1 is 1.29 bits per heavy atom. The summed E-state index contributed by atoms with van der Waals surface area (Å²) in [4.78, 5) is 8.56. The monoisotopic (exact) mass is 308 g/mol. The highest BCUT2D eigenvalue weighted by atomic mass is 35.5. The molecule has 0 aromatic carbocycles. The first-order valence-corrected chi connectivity index (χ1v) is 7.38. The molecule has 0 aliphatic rings. The van der Waals surface area contributed by atoms with Crippen molar-refractivity contribution < 1.29 is 4.74 Å². The van der Waals surface area contributed by atoms with E-state index in [4.69, 9.17) is 16.3 Å². The molecular weight excluding hydrogens is 288 g/mol. The molecule has 114 valence electrons. The van der Waals surface area contributed by atoms with Crippen LogP contribution in [-0.4, -0.2) is 21.1 Å². The van der Waals surface area contributed by atoms with Crippen LogP contribution in [0.15, 0.2) is 24.5 Å². The molecule has 21 heavy (non-hydrogen) atoms. The minimum atomic E-state index is 0.371. The number of nitrogens with one attached hydrogen (secondary N) is 1. The van der Waals surface area contributed by atoms with Gasteiger partial charge in [0.2, 0.25) is 0 Å². The van der Waals surface area contributed by atoms with Crippen molar-refractivity contribution >= 4 is 11.6 Å². The summed E-state index contributed by atoms with van der Waals surface area (Å²) >= 11 is 5.93. The van der Waals surface area contributed by atoms with Gasteiger partial charge < -0.3 is 14.6 Å². The van der Waals surface area contributed by atoms with Crippen LogP contribution in [0.3, 0.4) is 0 Å². The molecule has 0 spiro atoms. The maximum atomic E-state index is 5.93. The van der Waals surface area contributed by atoms with Crippen LogP contribution >= 0.6 is 11.6 Å². The Balaban J connectivity index is 1.83. The lowest BCUT2D eigenvalue weighted by Crippen LogP contribution is -2.19. The molecule has 0 saturated carbocycles. The third-order valence-corrected chi connectivity index (χ3v) is 3.40.